The Labute approximate surface area is 118 Å². The fourth-order valence-corrected chi connectivity index (χ4v) is 1.82. The lowest BCUT2D eigenvalue weighted by Crippen LogP contribution is -2.47. The van der Waals surface area contributed by atoms with E-state index in [2.05, 4.69) is 0 Å². The first-order chi connectivity index (χ1) is 8.96. The molecule has 116 valence electrons. The summed E-state index contributed by atoms with van der Waals surface area (Å²) in [4.78, 5) is 0. The summed E-state index contributed by atoms with van der Waals surface area (Å²) in [5.41, 5.74) is 0. The maximum Gasteiger partial charge on any atom is 0.291 e. The van der Waals surface area contributed by atoms with Gasteiger partial charge in [-0.2, -0.15) is 0 Å². The van der Waals surface area contributed by atoms with E-state index < -0.39 is 46.4 Å². The van der Waals surface area contributed by atoms with E-state index in [0.29, 0.717) is 0 Å². The van der Waals surface area contributed by atoms with Gasteiger partial charge in [-0.25, -0.2) is 22.0 Å². The maximum absolute atomic E-state index is 14.0. The highest BCUT2D eigenvalue weighted by molar-refractivity contribution is 6.26. The molecule has 0 aliphatic heterocycles. The van der Waals surface area contributed by atoms with E-state index in [1.807, 2.05) is 0 Å². The van der Waals surface area contributed by atoms with Crippen LogP contribution < -0.4 is 0 Å². The van der Waals surface area contributed by atoms with Crippen LogP contribution in [-0.2, 0) is 9.47 Å². The first-order valence-electron chi connectivity index (χ1n) is 5.82. The van der Waals surface area contributed by atoms with Crippen molar-refractivity contribution < 1.29 is 31.4 Å². The minimum absolute atomic E-state index is 0.867. The Hall–Kier alpha value is -0.660. The molecule has 0 aromatic rings. The van der Waals surface area contributed by atoms with Gasteiger partial charge in [-0.15, -0.1) is 0 Å². The smallest absolute Gasteiger partial charge is 0.291 e. The van der Waals surface area contributed by atoms with Gasteiger partial charge in [-0.05, 0) is 27.7 Å². The molecule has 20 heavy (non-hydrogen) atoms. The number of hydrogen-bond acceptors (Lipinski definition) is 2. The normalized spacial score (nSPS) is 22.2. The summed E-state index contributed by atoms with van der Waals surface area (Å²) in [6.45, 7) is 5.44. The fraction of sp³-hybridized carbons (Fsp3) is 0.667. The topological polar surface area (TPSA) is 18.5 Å². The second kappa shape index (κ2) is 5.61. The zero-order valence-corrected chi connectivity index (χ0v) is 12.0. The number of alkyl halides is 2. The van der Waals surface area contributed by atoms with Crippen LogP contribution in [0.4, 0.5) is 22.0 Å². The van der Waals surface area contributed by atoms with Gasteiger partial charge in [0.05, 0.1) is 12.2 Å². The van der Waals surface area contributed by atoms with Crippen molar-refractivity contribution in [3.63, 3.8) is 0 Å². The largest absolute Gasteiger partial charge is 0.336 e. The molecule has 0 N–H and O–H groups in total. The van der Waals surface area contributed by atoms with Crippen LogP contribution in [0.15, 0.2) is 23.3 Å². The molecule has 0 fully saturated rings. The van der Waals surface area contributed by atoms with Crippen LogP contribution in [0, 0.1) is 0 Å². The Morgan fingerprint density at radius 1 is 0.800 bits per heavy atom. The zero-order chi connectivity index (χ0) is 15.9. The van der Waals surface area contributed by atoms with Crippen molar-refractivity contribution in [1.82, 2.24) is 0 Å². The molecule has 0 atom stereocenters. The van der Waals surface area contributed by atoms with Gasteiger partial charge in [-0.3, -0.25) is 0 Å². The maximum atomic E-state index is 14.0. The van der Waals surface area contributed by atoms with Crippen molar-refractivity contribution in [2.45, 2.75) is 50.8 Å². The first-order valence-corrected chi connectivity index (χ1v) is 6.20. The van der Waals surface area contributed by atoms with Gasteiger partial charge in [0.1, 0.15) is 0 Å². The van der Waals surface area contributed by atoms with Crippen molar-refractivity contribution in [2.75, 3.05) is 0 Å². The molecule has 0 amide bonds. The molecule has 1 aliphatic carbocycles. The minimum atomic E-state index is -4.04. The molecule has 1 rings (SSSR count). The SMILES string of the molecule is CC(C)OC1(OC(C)C)C(F)=C(F)C(F)(Cl)C(F)=C1F. The van der Waals surface area contributed by atoms with E-state index in [4.69, 9.17) is 21.1 Å². The molecular formula is C12H14ClF5O2. The van der Waals surface area contributed by atoms with Gasteiger partial charge in [0.2, 0.25) is 11.7 Å². The Morgan fingerprint density at radius 2 is 1.10 bits per heavy atom. The number of ether oxygens (including phenoxy) is 2. The van der Waals surface area contributed by atoms with Crippen LogP contribution in [0.5, 0.6) is 0 Å². The van der Waals surface area contributed by atoms with Crippen LogP contribution in [0.3, 0.4) is 0 Å². The number of allylic oxidation sites excluding steroid dienone is 2. The van der Waals surface area contributed by atoms with Crippen LogP contribution in [0.1, 0.15) is 27.7 Å². The lowest BCUT2D eigenvalue weighted by molar-refractivity contribution is -0.245. The first kappa shape index (κ1) is 17.4. The Balaban J connectivity index is 3.52. The second-order valence-corrected chi connectivity index (χ2v) is 5.30. The molecule has 0 bridgehead atoms. The van der Waals surface area contributed by atoms with E-state index >= 15 is 0 Å². The van der Waals surface area contributed by atoms with Gasteiger partial charge >= 0.3 is 0 Å². The summed E-state index contributed by atoms with van der Waals surface area (Å²) in [6, 6.07) is 0. The highest BCUT2D eigenvalue weighted by Gasteiger charge is 2.60. The third kappa shape index (κ3) is 2.71. The number of hydrogen-bond donors (Lipinski definition) is 0. The van der Waals surface area contributed by atoms with Gasteiger partial charge in [0, 0.05) is 0 Å². The Kier molecular flexibility index (Phi) is 4.88. The predicted octanol–water partition coefficient (Wildman–Crippen LogP) is 4.75. The zero-order valence-electron chi connectivity index (χ0n) is 11.2. The van der Waals surface area contributed by atoms with E-state index in [1.165, 1.54) is 27.7 Å². The molecule has 0 unspecified atom stereocenters. The average molecular weight is 321 g/mol. The van der Waals surface area contributed by atoms with Crippen LogP contribution >= 0.6 is 11.6 Å². The number of rotatable bonds is 4. The van der Waals surface area contributed by atoms with Crippen molar-refractivity contribution in [3.8, 4) is 0 Å². The minimum Gasteiger partial charge on any atom is -0.336 e. The molecule has 1 aliphatic rings. The van der Waals surface area contributed by atoms with Crippen molar-refractivity contribution in [1.29, 1.82) is 0 Å². The van der Waals surface area contributed by atoms with Gasteiger partial charge in [-0.1, -0.05) is 11.6 Å². The predicted molar refractivity (Wildman–Crippen MR) is 63.3 cm³/mol. The van der Waals surface area contributed by atoms with Crippen molar-refractivity contribution in [2.24, 2.45) is 0 Å². The third-order valence-electron chi connectivity index (χ3n) is 2.32. The quantitative estimate of drug-likeness (QED) is 0.423. The molecule has 0 saturated heterocycles. The lowest BCUT2D eigenvalue weighted by atomic mass is 10.0. The summed E-state index contributed by atoms with van der Waals surface area (Å²) >= 11 is 4.84. The molecule has 0 heterocycles. The summed E-state index contributed by atoms with van der Waals surface area (Å²) in [7, 11) is 0. The molecule has 0 radical (unpaired) electrons. The highest BCUT2D eigenvalue weighted by Crippen LogP contribution is 2.52. The van der Waals surface area contributed by atoms with Gasteiger partial charge in [0.25, 0.3) is 10.9 Å². The monoisotopic (exact) mass is 320 g/mol. The molecular weight excluding hydrogens is 307 g/mol. The van der Waals surface area contributed by atoms with Crippen LogP contribution in [0.2, 0.25) is 0 Å². The molecule has 2 nitrogen and oxygen atoms in total. The average Bonchev–Trinajstić information content (AvgIpc) is 2.31. The summed E-state index contributed by atoms with van der Waals surface area (Å²) in [6.07, 6.45) is -1.73. The number of halogens is 6. The van der Waals surface area contributed by atoms with Gasteiger partial charge in [0.15, 0.2) is 11.7 Å². The van der Waals surface area contributed by atoms with E-state index in [0.717, 1.165) is 0 Å². The highest BCUT2D eigenvalue weighted by atomic mass is 35.5. The standard InChI is InChI=1S/C12H14ClF5O2/c1-5(2)19-12(20-6(3)4)9(16)7(14)11(13,18)8(15)10(12)17/h5-6H,1-4H3. The van der Waals surface area contributed by atoms with Crippen molar-refractivity contribution >= 4 is 11.6 Å². The molecule has 8 heteroatoms. The molecule has 0 aromatic heterocycles. The molecule has 0 spiro atoms. The molecule has 0 aromatic carbocycles. The third-order valence-corrected chi connectivity index (χ3v) is 2.65. The molecule has 0 saturated carbocycles. The van der Waals surface area contributed by atoms with Crippen LogP contribution in [-0.4, -0.2) is 23.1 Å². The van der Waals surface area contributed by atoms with Gasteiger partial charge < -0.3 is 9.47 Å². The fourth-order valence-electron chi connectivity index (χ4n) is 1.66. The summed E-state index contributed by atoms with van der Waals surface area (Å²) in [5.74, 6) is -12.0. The van der Waals surface area contributed by atoms with E-state index in [1.54, 1.807) is 0 Å². The second-order valence-electron chi connectivity index (χ2n) is 4.78. The Bertz CT molecular complexity index is 417. The van der Waals surface area contributed by atoms with Crippen LogP contribution in [0.25, 0.3) is 0 Å². The van der Waals surface area contributed by atoms with E-state index in [-0.39, 0.29) is 0 Å². The summed E-state index contributed by atoms with van der Waals surface area (Å²) < 4.78 is 78.4. The van der Waals surface area contributed by atoms with Crippen molar-refractivity contribution in [3.05, 3.63) is 23.3 Å². The van der Waals surface area contributed by atoms with E-state index in [9.17, 15) is 22.0 Å². The lowest BCUT2D eigenvalue weighted by Gasteiger charge is -2.38. The Morgan fingerprint density at radius 3 is 1.35 bits per heavy atom. The summed E-state index contributed by atoms with van der Waals surface area (Å²) in [5, 5.41) is -4.04.